The molecule has 1 aromatic heterocycles. The van der Waals surface area contributed by atoms with Crippen LogP contribution in [0, 0.1) is 5.82 Å². The predicted octanol–water partition coefficient (Wildman–Crippen LogP) is 7.03. The van der Waals surface area contributed by atoms with Crippen LogP contribution in [0.1, 0.15) is 44.2 Å². The van der Waals surface area contributed by atoms with E-state index >= 15 is 13.2 Å². The van der Waals surface area contributed by atoms with Crippen molar-refractivity contribution >= 4 is 17.7 Å². The van der Waals surface area contributed by atoms with Crippen LogP contribution < -0.4 is 15.0 Å². The van der Waals surface area contributed by atoms with Crippen molar-refractivity contribution in [3.05, 3.63) is 59.2 Å². The number of methoxy groups -OCH3 is 1. The van der Waals surface area contributed by atoms with Crippen LogP contribution in [0.5, 0.6) is 5.75 Å². The lowest BCUT2D eigenvalue weighted by molar-refractivity contribution is -0.341. The molecule has 10 nitrogen and oxygen atoms in total. The summed E-state index contributed by atoms with van der Waals surface area (Å²) in [5.41, 5.74) is -3.98. The molecule has 1 aliphatic heterocycles. The highest BCUT2D eigenvalue weighted by molar-refractivity contribution is 6.00. The molecule has 0 bridgehead atoms. The van der Waals surface area contributed by atoms with Gasteiger partial charge in [0, 0.05) is 19.1 Å². The van der Waals surface area contributed by atoms with Gasteiger partial charge in [0.25, 0.3) is 17.7 Å². The van der Waals surface area contributed by atoms with Gasteiger partial charge in [-0.15, -0.1) is 23.4 Å². The highest BCUT2D eigenvalue weighted by Gasteiger charge is 2.63. The first-order valence-electron chi connectivity index (χ1n) is 13.5. The van der Waals surface area contributed by atoms with Crippen LogP contribution in [0.2, 0.25) is 0 Å². The van der Waals surface area contributed by atoms with Crippen molar-refractivity contribution in [3.8, 4) is 17.2 Å². The van der Waals surface area contributed by atoms with E-state index < -0.39 is 101 Å². The lowest BCUT2D eigenvalue weighted by atomic mass is 9.99. The number of rotatable bonds is 7. The lowest BCUT2D eigenvalue weighted by Crippen LogP contribution is -2.49. The molecule has 2 amide bonds. The Bertz CT molecular complexity index is 1670. The number of alkyl carbamates (subject to hydrolysis) is 1. The van der Waals surface area contributed by atoms with Crippen molar-refractivity contribution in [2.45, 2.75) is 69.7 Å². The molecule has 2 atom stereocenters. The number of benzene rings is 2. The number of fused-ring (bicyclic) bond motifs is 1. The predicted molar refractivity (Wildman–Crippen MR) is 142 cm³/mol. The SMILES string of the molecule is COC(F)(c1nnc(-c2cc3c(cc2F)C(F)(F)CC(NC(=O)OC(C)(C)C)C(=O)N3Cc2ccc(OC(F)(F)F)cc2)o1)C(F)(F)F. The van der Waals surface area contributed by atoms with Gasteiger partial charge in [-0.1, -0.05) is 12.1 Å². The second-order valence-electron chi connectivity index (χ2n) is 11.3. The maximum atomic E-state index is 15.7. The average Bonchev–Trinajstić information content (AvgIpc) is 3.41. The normalized spacial score (nSPS) is 18.1. The molecule has 48 heavy (non-hydrogen) atoms. The van der Waals surface area contributed by atoms with E-state index in [0.29, 0.717) is 18.1 Å². The lowest BCUT2D eigenvalue weighted by Gasteiger charge is -2.27. The first-order valence-corrected chi connectivity index (χ1v) is 13.5. The zero-order chi connectivity index (χ0) is 36.0. The number of alkyl halides is 9. The summed E-state index contributed by atoms with van der Waals surface area (Å²) in [5, 5.41) is 8.15. The van der Waals surface area contributed by atoms with Crippen molar-refractivity contribution in [1.82, 2.24) is 15.5 Å². The number of hydrogen-bond acceptors (Lipinski definition) is 8. The third kappa shape index (κ3) is 7.74. The van der Waals surface area contributed by atoms with E-state index in [0.717, 1.165) is 24.3 Å². The van der Waals surface area contributed by atoms with Crippen LogP contribution in [0.15, 0.2) is 40.8 Å². The van der Waals surface area contributed by atoms with Crippen molar-refractivity contribution in [3.63, 3.8) is 0 Å². The van der Waals surface area contributed by atoms with Crippen molar-refractivity contribution in [2.75, 3.05) is 12.0 Å². The summed E-state index contributed by atoms with van der Waals surface area (Å²) in [5.74, 6) is -15.1. The van der Waals surface area contributed by atoms with Crippen LogP contribution in [-0.4, -0.2) is 53.5 Å². The van der Waals surface area contributed by atoms with Crippen LogP contribution in [0.4, 0.5) is 54.4 Å². The Balaban J connectivity index is 1.84. The molecule has 262 valence electrons. The minimum Gasteiger partial charge on any atom is -0.444 e. The fourth-order valence-corrected chi connectivity index (χ4v) is 4.49. The fraction of sp³-hybridized carbons (Fsp3) is 0.429. The first kappa shape index (κ1) is 36.2. The van der Waals surface area contributed by atoms with Gasteiger partial charge in [0.15, 0.2) is 0 Å². The molecule has 20 heteroatoms. The van der Waals surface area contributed by atoms with E-state index in [2.05, 4.69) is 19.7 Å². The highest BCUT2D eigenvalue weighted by atomic mass is 19.4. The third-order valence-corrected chi connectivity index (χ3v) is 6.56. The van der Waals surface area contributed by atoms with E-state index in [1.165, 1.54) is 20.8 Å². The fourth-order valence-electron chi connectivity index (χ4n) is 4.49. The molecule has 0 aliphatic carbocycles. The molecule has 0 radical (unpaired) electrons. The van der Waals surface area contributed by atoms with E-state index in [4.69, 9.17) is 9.15 Å². The molecule has 0 fully saturated rings. The number of hydrogen-bond donors (Lipinski definition) is 1. The molecular weight excluding hydrogens is 678 g/mol. The Kier molecular flexibility index (Phi) is 9.39. The van der Waals surface area contributed by atoms with E-state index in [1.54, 1.807) is 0 Å². The largest absolute Gasteiger partial charge is 0.573 e. The van der Waals surface area contributed by atoms with Crippen molar-refractivity contribution < 1.29 is 72.1 Å². The summed E-state index contributed by atoms with van der Waals surface area (Å²) >= 11 is 0. The van der Waals surface area contributed by atoms with E-state index in [-0.39, 0.29) is 11.6 Å². The van der Waals surface area contributed by atoms with Crippen LogP contribution in [-0.2, 0) is 32.6 Å². The Labute approximate surface area is 263 Å². The number of carbonyl (C=O) groups is 2. The molecule has 1 N–H and O–H groups in total. The van der Waals surface area contributed by atoms with E-state index in [9.17, 15) is 40.3 Å². The Morgan fingerprint density at radius 2 is 1.67 bits per heavy atom. The minimum atomic E-state index is -5.75. The number of halogens is 10. The van der Waals surface area contributed by atoms with Crippen LogP contribution in [0.3, 0.4) is 0 Å². The van der Waals surface area contributed by atoms with Gasteiger partial charge >= 0.3 is 24.5 Å². The maximum Gasteiger partial charge on any atom is 0.573 e. The number of carbonyl (C=O) groups excluding carboxylic acids is 2. The van der Waals surface area contributed by atoms with Gasteiger partial charge in [0.2, 0.25) is 5.91 Å². The topological polar surface area (TPSA) is 116 Å². The second kappa shape index (κ2) is 12.4. The van der Waals surface area contributed by atoms with Gasteiger partial charge in [0.1, 0.15) is 23.2 Å². The minimum absolute atomic E-state index is 0.0171. The van der Waals surface area contributed by atoms with Gasteiger partial charge in [-0.2, -0.15) is 17.6 Å². The maximum absolute atomic E-state index is 15.7. The monoisotopic (exact) mass is 702 g/mol. The van der Waals surface area contributed by atoms with Gasteiger partial charge < -0.3 is 28.8 Å². The molecule has 2 heterocycles. The standard InChI is InChI=1S/C28H24F10N4O6/c1-24(2,3)48-23(44)39-18-11-25(30,31)16-10-17(29)15(20-40-41-22(46-20)26(32,45-4)27(33,34)35)9-19(16)42(21(18)43)12-13-5-7-14(8-6-13)47-28(36,37)38/h5-10,18H,11-12H2,1-4H3,(H,39,44). The molecule has 0 saturated heterocycles. The highest BCUT2D eigenvalue weighted by Crippen LogP contribution is 2.47. The molecular formula is C28H24F10N4O6. The number of ether oxygens (including phenoxy) is 3. The molecule has 3 aromatic rings. The number of amides is 2. The van der Waals surface area contributed by atoms with Crippen LogP contribution in [0.25, 0.3) is 11.5 Å². The molecule has 0 spiro atoms. The third-order valence-electron chi connectivity index (χ3n) is 6.56. The molecule has 2 unspecified atom stereocenters. The number of nitrogens with one attached hydrogen (secondary N) is 1. The summed E-state index contributed by atoms with van der Waals surface area (Å²) in [6, 6.07) is 2.55. The molecule has 0 saturated carbocycles. The molecule has 1 aliphatic rings. The van der Waals surface area contributed by atoms with Crippen molar-refractivity contribution in [1.29, 1.82) is 0 Å². The quantitative estimate of drug-likeness (QED) is 0.261. The Morgan fingerprint density at radius 1 is 1.04 bits per heavy atom. The van der Waals surface area contributed by atoms with Gasteiger partial charge in [-0.3, -0.25) is 4.79 Å². The van der Waals surface area contributed by atoms with Gasteiger partial charge in [-0.25, -0.2) is 18.0 Å². The summed E-state index contributed by atoms with van der Waals surface area (Å²) < 4.78 is 157. The summed E-state index contributed by atoms with van der Waals surface area (Å²) in [6.45, 7) is 3.66. The Morgan fingerprint density at radius 3 is 2.21 bits per heavy atom. The molecule has 4 rings (SSSR count). The summed E-state index contributed by atoms with van der Waals surface area (Å²) in [7, 11) is 0.329. The number of anilines is 1. The smallest absolute Gasteiger partial charge is 0.444 e. The first-order chi connectivity index (χ1) is 21.9. The zero-order valence-electron chi connectivity index (χ0n) is 25.0. The summed E-state index contributed by atoms with van der Waals surface area (Å²) in [4.78, 5) is 26.9. The average molecular weight is 703 g/mol. The van der Waals surface area contributed by atoms with Gasteiger partial charge in [-0.05, 0) is 50.6 Å². The van der Waals surface area contributed by atoms with Gasteiger partial charge in [0.05, 0.1) is 17.8 Å². The molecule has 2 aromatic carbocycles. The number of nitrogens with zero attached hydrogens (tertiary/aromatic N) is 3. The zero-order valence-corrected chi connectivity index (χ0v) is 25.0. The number of aromatic nitrogens is 2. The van der Waals surface area contributed by atoms with Crippen molar-refractivity contribution in [2.24, 2.45) is 0 Å². The Hall–Kier alpha value is -4.62. The van der Waals surface area contributed by atoms with E-state index in [1.807, 2.05) is 5.32 Å². The van der Waals surface area contributed by atoms with Crippen LogP contribution >= 0.6 is 0 Å². The second-order valence-corrected chi connectivity index (χ2v) is 11.3. The summed E-state index contributed by atoms with van der Waals surface area (Å²) in [6.07, 6.45) is -13.5.